The van der Waals surface area contributed by atoms with Crippen molar-refractivity contribution in [3.63, 3.8) is 0 Å². The van der Waals surface area contributed by atoms with Crippen LogP contribution in [0.4, 0.5) is 0 Å². The molecule has 172 valence electrons. The number of H-pyrrole nitrogens is 1. The van der Waals surface area contributed by atoms with Crippen LogP contribution in [0.15, 0.2) is 54.6 Å². The smallest absolute Gasteiger partial charge is 0.180 e. The average molecular weight is 474 g/mol. The first-order valence-corrected chi connectivity index (χ1v) is 11.6. The van der Waals surface area contributed by atoms with Crippen LogP contribution in [0.25, 0.3) is 33.5 Å². The zero-order chi connectivity index (χ0) is 23.5. The standard InChI is InChI=1S/C25H24ClN7O/c1-2-3-12-22-28-24(26)21(15-34)33(22)14-17-13-16-8-4-7-11-20(16)27-23(17)18-9-5-6-10-19(18)25-29-31-32-30-25/h4-11,13,34H,2-3,12,14-15H2,1H3,(H,29,30,31,32). The molecular weight excluding hydrogens is 450 g/mol. The molecule has 0 amide bonds. The third-order valence-electron chi connectivity index (χ3n) is 5.92. The SMILES string of the molecule is CCCCc1nc(Cl)c(CO)n1Cc1cc2ccccc2nc1-c1ccccc1-c1nnn[nH]1. The molecule has 2 aromatic carbocycles. The molecule has 2 N–H and O–H groups in total. The number of hydrogen-bond donors (Lipinski definition) is 2. The van der Waals surface area contributed by atoms with Gasteiger partial charge in [-0.2, -0.15) is 0 Å². The highest BCUT2D eigenvalue weighted by atomic mass is 35.5. The molecule has 5 aromatic rings. The van der Waals surface area contributed by atoms with Gasteiger partial charge in [-0.1, -0.05) is 67.4 Å². The highest BCUT2D eigenvalue weighted by Crippen LogP contribution is 2.34. The van der Waals surface area contributed by atoms with Gasteiger partial charge in [-0.15, -0.1) is 5.10 Å². The minimum atomic E-state index is -0.186. The van der Waals surface area contributed by atoms with Crippen molar-refractivity contribution in [2.24, 2.45) is 0 Å². The van der Waals surface area contributed by atoms with Crippen LogP contribution in [-0.4, -0.2) is 40.3 Å². The molecule has 0 spiro atoms. The molecule has 0 aliphatic rings. The van der Waals surface area contributed by atoms with Crippen molar-refractivity contribution in [1.29, 1.82) is 0 Å². The Morgan fingerprint density at radius 2 is 1.82 bits per heavy atom. The van der Waals surface area contributed by atoms with E-state index in [1.165, 1.54) is 0 Å². The van der Waals surface area contributed by atoms with Crippen molar-refractivity contribution in [1.82, 2.24) is 35.2 Å². The van der Waals surface area contributed by atoms with Gasteiger partial charge in [-0.25, -0.2) is 15.1 Å². The molecule has 0 aliphatic heterocycles. The summed E-state index contributed by atoms with van der Waals surface area (Å²) in [5, 5.41) is 25.9. The molecule has 0 atom stereocenters. The molecule has 0 aliphatic carbocycles. The summed E-state index contributed by atoms with van der Waals surface area (Å²) < 4.78 is 2.02. The van der Waals surface area contributed by atoms with Crippen molar-refractivity contribution < 1.29 is 5.11 Å². The molecule has 0 saturated heterocycles. The number of unbranched alkanes of at least 4 members (excludes halogenated alkanes) is 1. The predicted molar refractivity (Wildman–Crippen MR) is 131 cm³/mol. The molecule has 0 radical (unpaired) electrons. The first kappa shape index (κ1) is 22.2. The molecule has 3 aromatic heterocycles. The second kappa shape index (κ2) is 9.70. The molecule has 0 bridgehead atoms. The largest absolute Gasteiger partial charge is 0.390 e. The maximum absolute atomic E-state index is 10.1. The summed E-state index contributed by atoms with van der Waals surface area (Å²) in [5.41, 5.74) is 5.08. The number of tetrazole rings is 1. The number of aromatic amines is 1. The number of nitrogens with one attached hydrogen (secondary N) is 1. The molecule has 0 saturated carbocycles. The highest BCUT2D eigenvalue weighted by molar-refractivity contribution is 6.30. The fraction of sp³-hybridized carbons (Fsp3) is 0.240. The zero-order valence-corrected chi connectivity index (χ0v) is 19.5. The van der Waals surface area contributed by atoms with E-state index in [-0.39, 0.29) is 6.61 Å². The van der Waals surface area contributed by atoms with Gasteiger partial charge >= 0.3 is 0 Å². The van der Waals surface area contributed by atoms with Crippen LogP contribution in [0.5, 0.6) is 0 Å². The van der Waals surface area contributed by atoms with Gasteiger partial charge < -0.3 is 9.67 Å². The van der Waals surface area contributed by atoms with Crippen molar-refractivity contribution >= 4 is 22.5 Å². The third-order valence-corrected chi connectivity index (χ3v) is 6.22. The zero-order valence-electron chi connectivity index (χ0n) is 18.7. The van der Waals surface area contributed by atoms with Gasteiger partial charge in [0.25, 0.3) is 0 Å². The molecule has 3 heterocycles. The van der Waals surface area contributed by atoms with E-state index in [4.69, 9.17) is 16.6 Å². The maximum Gasteiger partial charge on any atom is 0.180 e. The number of benzene rings is 2. The summed E-state index contributed by atoms with van der Waals surface area (Å²) in [6, 6.07) is 18.1. The minimum Gasteiger partial charge on any atom is -0.390 e. The van der Waals surface area contributed by atoms with Crippen molar-refractivity contribution in [2.45, 2.75) is 39.3 Å². The van der Waals surface area contributed by atoms with Gasteiger partial charge in [0.05, 0.1) is 30.1 Å². The van der Waals surface area contributed by atoms with E-state index in [9.17, 15) is 5.11 Å². The summed E-state index contributed by atoms with van der Waals surface area (Å²) in [7, 11) is 0. The predicted octanol–water partition coefficient (Wildman–Crippen LogP) is 4.82. The van der Waals surface area contributed by atoms with Crippen LogP contribution < -0.4 is 0 Å². The number of nitrogens with zero attached hydrogens (tertiary/aromatic N) is 6. The topological polar surface area (TPSA) is 105 Å². The Balaban J connectivity index is 1.71. The van der Waals surface area contributed by atoms with Crippen LogP contribution in [0.3, 0.4) is 0 Å². The number of halogens is 1. The Morgan fingerprint density at radius 3 is 2.59 bits per heavy atom. The van der Waals surface area contributed by atoms with Crippen molar-refractivity contribution in [3.05, 3.63) is 76.8 Å². The first-order valence-electron chi connectivity index (χ1n) is 11.3. The summed E-state index contributed by atoms with van der Waals surface area (Å²) in [5.74, 6) is 1.43. The summed E-state index contributed by atoms with van der Waals surface area (Å²) >= 11 is 6.41. The van der Waals surface area contributed by atoms with Gasteiger partial charge in [-0.05, 0) is 34.5 Å². The van der Waals surface area contributed by atoms with Crippen LogP contribution in [0.1, 0.15) is 36.8 Å². The Labute approximate surface area is 201 Å². The second-order valence-corrected chi connectivity index (χ2v) is 8.46. The van der Waals surface area contributed by atoms with Crippen LogP contribution >= 0.6 is 11.6 Å². The Hall–Kier alpha value is -3.62. The van der Waals surface area contributed by atoms with E-state index in [1.807, 2.05) is 53.1 Å². The maximum atomic E-state index is 10.1. The van der Waals surface area contributed by atoms with E-state index in [1.54, 1.807) is 0 Å². The number of hydrogen-bond acceptors (Lipinski definition) is 6. The fourth-order valence-electron chi connectivity index (χ4n) is 4.22. The normalized spacial score (nSPS) is 11.4. The fourth-order valence-corrected chi connectivity index (χ4v) is 4.48. The molecule has 8 nitrogen and oxygen atoms in total. The third kappa shape index (κ3) is 4.18. The Morgan fingerprint density at radius 1 is 1.03 bits per heavy atom. The van der Waals surface area contributed by atoms with Gasteiger partial charge in [-0.3, -0.25) is 0 Å². The van der Waals surface area contributed by atoms with E-state index in [0.717, 1.165) is 58.4 Å². The number of aryl methyl sites for hydroxylation is 1. The van der Waals surface area contributed by atoms with Crippen molar-refractivity contribution in [3.8, 4) is 22.6 Å². The summed E-state index contributed by atoms with van der Waals surface area (Å²) in [4.78, 5) is 9.61. The lowest BCUT2D eigenvalue weighted by molar-refractivity contribution is 0.271. The number of aliphatic hydroxyl groups excluding tert-OH is 1. The van der Waals surface area contributed by atoms with Gasteiger partial charge in [0, 0.05) is 22.9 Å². The number of pyridine rings is 1. The van der Waals surface area contributed by atoms with Crippen LogP contribution in [-0.2, 0) is 19.6 Å². The number of aliphatic hydroxyl groups is 1. The quantitative estimate of drug-likeness (QED) is 0.335. The van der Waals surface area contributed by atoms with Crippen LogP contribution in [0, 0.1) is 0 Å². The minimum absolute atomic E-state index is 0.186. The second-order valence-electron chi connectivity index (χ2n) is 8.10. The van der Waals surface area contributed by atoms with Gasteiger partial charge in [0.2, 0.25) is 0 Å². The van der Waals surface area contributed by atoms with E-state index >= 15 is 0 Å². The number of para-hydroxylation sites is 1. The molecule has 5 rings (SSSR count). The number of fused-ring (bicyclic) bond motifs is 1. The number of imidazole rings is 1. The highest BCUT2D eigenvalue weighted by Gasteiger charge is 2.20. The average Bonchev–Trinajstić information content (AvgIpc) is 3.50. The molecule has 34 heavy (non-hydrogen) atoms. The molecular formula is C25H24ClN7O. The van der Waals surface area contributed by atoms with E-state index < -0.39 is 0 Å². The van der Waals surface area contributed by atoms with Gasteiger partial charge in [0.1, 0.15) is 5.82 Å². The first-order chi connectivity index (χ1) is 16.7. The van der Waals surface area contributed by atoms with E-state index in [2.05, 4.69) is 38.6 Å². The van der Waals surface area contributed by atoms with Crippen LogP contribution in [0.2, 0.25) is 5.15 Å². The lowest BCUT2D eigenvalue weighted by Crippen LogP contribution is -2.11. The monoisotopic (exact) mass is 473 g/mol. The Bertz CT molecular complexity index is 1430. The molecule has 0 unspecified atom stereocenters. The molecule has 0 fully saturated rings. The van der Waals surface area contributed by atoms with E-state index in [0.29, 0.717) is 23.2 Å². The summed E-state index contributed by atoms with van der Waals surface area (Å²) in [6.45, 7) is 2.43. The lowest BCUT2D eigenvalue weighted by Gasteiger charge is -2.16. The van der Waals surface area contributed by atoms with Gasteiger partial charge in [0.15, 0.2) is 11.0 Å². The number of rotatable bonds is 8. The van der Waals surface area contributed by atoms with Crippen molar-refractivity contribution in [2.75, 3.05) is 0 Å². The Kier molecular flexibility index (Phi) is 6.33. The molecule has 9 heteroatoms. The summed E-state index contributed by atoms with van der Waals surface area (Å²) in [6.07, 6.45) is 2.82. The lowest BCUT2D eigenvalue weighted by atomic mass is 9.98. The number of aromatic nitrogens is 7.